The molecule has 0 atom stereocenters. The van der Waals surface area contributed by atoms with Crippen LogP contribution in [0.15, 0.2) is 146 Å². The second-order valence-corrected chi connectivity index (χ2v) is 24.2. The molecule has 4 aromatic heterocycles. The molecule has 0 aliphatic rings. The molecule has 6 aromatic carbocycles. The number of hydrogen-bond acceptors (Lipinski definition) is 2. The Balaban J connectivity index is 1.02. The quantitative estimate of drug-likeness (QED) is 0.0638. The van der Waals surface area contributed by atoms with Gasteiger partial charge in [0.05, 0.1) is 22.8 Å². The Bertz CT molecular complexity index is 3470. The number of benzene rings is 6. The maximum absolute atomic E-state index is 2.57. The van der Waals surface area contributed by atoms with Gasteiger partial charge in [-0.2, -0.15) is 0 Å². The summed E-state index contributed by atoms with van der Waals surface area (Å²) >= 11 is 0. The van der Waals surface area contributed by atoms with E-state index in [1.54, 1.807) is 0 Å². The van der Waals surface area contributed by atoms with Crippen molar-refractivity contribution in [1.82, 2.24) is 18.3 Å². The molecule has 0 aliphatic heterocycles. The van der Waals surface area contributed by atoms with Crippen LogP contribution in [-0.2, 0) is 51.9 Å². The van der Waals surface area contributed by atoms with Crippen molar-refractivity contribution in [2.75, 3.05) is 9.80 Å². The van der Waals surface area contributed by atoms with E-state index in [1.165, 1.54) is 123 Å². The van der Waals surface area contributed by atoms with Crippen LogP contribution in [0.25, 0.3) is 56.2 Å². The summed E-state index contributed by atoms with van der Waals surface area (Å²) in [4.78, 5) is 4.85. The molecule has 0 unspecified atom stereocenters. The fourth-order valence-electron chi connectivity index (χ4n) is 14.5. The molecule has 0 saturated heterocycles. The third-order valence-corrected chi connectivity index (χ3v) is 19.1. The van der Waals surface area contributed by atoms with Crippen LogP contribution in [0.1, 0.15) is 148 Å². The smallest absolute Gasteiger partial charge is 0.0514 e. The van der Waals surface area contributed by atoms with Crippen molar-refractivity contribution < 1.29 is 0 Å². The molecule has 0 N–H and O–H groups in total. The highest BCUT2D eigenvalue weighted by Crippen LogP contribution is 2.43. The minimum absolute atomic E-state index is 1.02. The zero-order valence-corrected chi connectivity index (χ0v) is 55.0. The molecule has 0 amide bonds. The molecule has 10 aromatic rings. The largest absolute Gasteiger partial charge is 0.344 e. The highest BCUT2D eigenvalue weighted by molar-refractivity contribution is 5.84. The Kier molecular flexibility index (Phi) is 18.7. The van der Waals surface area contributed by atoms with Crippen molar-refractivity contribution in [2.24, 2.45) is 0 Å². The molecule has 446 valence electrons. The average Bonchev–Trinajstić information content (AvgIpc) is 2.42. The van der Waals surface area contributed by atoms with E-state index in [-0.39, 0.29) is 0 Å². The Labute approximate surface area is 516 Å². The molecule has 86 heavy (non-hydrogen) atoms. The van der Waals surface area contributed by atoms with Gasteiger partial charge in [0.15, 0.2) is 0 Å². The summed E-state index contributed by atoms with van der Waals surface area (Å²) in [5.41, 5.74) is 36.5. The lowest BCUT2D eigenvalue weighted by atomic mass is 10.0. The molecule has 6 heteroatoms. The second-order valence-electron chi connectivity index (χ2n) is 24.2. The lowest BCUT2D eigenvalue weighted by Gasteiger charge is -2.27. The number of rotatable bonds is 23. The highest BCUT2D eigenvalue weighted by atomic mass is 15.1. The zero-order chi connectivity index (χ0) is 61.1. The van der Waals surface area contributed by atoms with Crippen molar-refractivity contribution in [3.05, 3.63) is 213 Å². The van der Waals surface area contributed by atoms with E-state index >= 15 is 0 Å². The van der Waals surface area contributed by atoms with E-state index in [4.69, 9.17) is 0 Å². The van der Waals surface area contributed by atoms with E-state index in [9.17, 15) is 0 Å². The summed E-state index contributed by atoms with van der Waals surface area (Å²) in [6.45, 7) is 40.8. The van der Waals surface area contributed by atoms with E-state index in [0.717, 1.165) is 112 Å². The normalized spacial score (nSPS) is 11.6. The van der Waals surface area contributed by atoms with Crippen LogP contribution >= 0.6 is 0 Å². The van der Waals surface area contributed by atoms with E-state index < -0.39 is 0 Å². The van der Waals surface area contributed by atoms with E-state index in [0.29, 0.717) is 0 Å². The molecule has 0 saturated carbocycles. The van der Waals surface area contributed by atoms with Crippen LogP contribution in [0.5, 0.6) is 0 Å². The van der Waals surface area contributed by atoms with Gasteiger partial charge in [-0.15, -0.1) is 0 Å². The minimum Gasteiger partial charge on any atom is -0.344 e. The highest BCUT2D eigenvalue weighted by Gasteiger charge is 2.24. The molecule has 0 radical (unpaired) electrons. The fraction of sp³-hybridized carbons (Fsp3) is 0.350. The van der Waals surface area contributed by atoms with Crippen LogP contribution in [0, 0.1) is 55.4 Å². The van der Waals surface area contributed by atoms with E-state index in [1.807, 2.05) is 0 Å². The average molecular weight is 1140 g/mol. The number of aromatic nitrogens is 4. The molecule has 0 aliphatic carbocycles. The first-order chi connectivity index (χ1) is 41.7. The third-order valence-electron chi connectivity index (χ3n) is 19.1. The predicted molar refractivity (Wildman–Crippen MR) is 372 cm³/mol. The van der Waals surface area contributed by atoms with Gasteiger partial charge in [-0.1, -0.05) is 128 Å². The minimum atomic E-state index is 1.02. The first kappa shape index (κ1) is 61.1. The molecule has 0 spiro atoms. The van der Waals surface area contributed by atoms with Gasteiger partial charge in [0.1, 0.15) is 0 Å². The lowest BCUT2D eigenvalue weighted by molar-refractivity contribution is 0.656. The van der Waals surface area contributed by atoms with Crippen LogP contribution < -0.4 is 9.80 Å². The van der Waals surface area contributed by atoms with Crippen molar-refractivity contribution in [3.63, 3.8) is 0 Å². The molecule has 4 heterocycles. The molecular formula is C80H96N6. The van der Waals surface area contributed by atoms with Crippen LogP contribution in [0.4, 0.5) is 34.1 Å². The Morgan fingerprint density at radius 2 is 0.384 bits per heavy atom. The number of hydrogen-bond donors (Lipinski definition) is 0. The van der Waals surface area contributed by atoms with Crippen LogP contribution in [0.3, 0.4) is 0 Å². The van der Waals surface area contributed by atoms with Crippen LogP contribution in [0.2, 0.25) is 0 Å². The van der Waals surface area contributed by atoms with Crippen LogP contribution in [-0.4, -0.2) is 18.3 Å². The standard InChI is InChI=1S/C80H96N6/c1-17-49-81-73(21-5)53(9)57(13)77(81)63-29-41-69(42-30-63)85(70-43-31-64(32-44-70)78-58(14)54(10)74(22-6)82(78)50-18-2)67-37-25-61(26-38-67)62-27-39-68(40-28-62)86(71-45-33-65(34-46-71)79-59(15)55(11)75(23-7)83(79)51-19-3)72-47-35-66(36-48-72)80-60(16)56(12)76(24-8)84(80)52-20-4/h25-48H,17-24,49-52H2,1-16H3. The van der Waals surface area contributed by atoms with Crippen molar-refractivity contribution in [3.8, 4) is 56.2 Å². The monoisotopic (exact) mass is 1140 g/mol. The molecular weight excluding hydrogens is 1040 g/mol. The van der Waals surface area contributed by atoms with Gasteiger partial charge in [-0.05, 0) is 257 Å². The van der Waals surface area contributed by atoms with Gasteiger partial charge in [0.2, 0.25) is 0 Å². The molecule has 10 rings (SSSR count). The van der Waals surface area contributed by atoms with E-state index in [2.05, 4.69) is 284 Å². The summed E-state index contributed by atoms with van der Waals surface area (Å²) < 4.78 is 10.3. The van der Waals surface area contributed by atoms with Gasteiger partial charge in [0.25, 0.3) is 0 Å². The van der Waals surface area contributed by atoms with Gasteiger partial charge in [-0.25, -0.2) is 0 Å². The maximum atomic E-state index is 2.57. The summed E-state index contributed by atoms with van der Waals surface area (Å²) in [6.07, 6.45) is 8.52. The number of nitrogens with zero attached hydrogens (tertiary/aromatic N) is 6. The summed E-state index contributed by atoms with van der Waals surface area (Å²) in [5, 5.41) is 0. The van der Waals surface area contributed by atoms with Gasteiger partial charge in [-0.3, -0.25) is 0 Å². The zero-order valence-electron chi connectivity index (χ0n) is 55.0. The Hall–Kier alpha value is -7.96. The summed E-state index contributed by atoms with van der Waals surface area (Å²) in [5.74, 6) is 0. The second kappa shape index (κ2) is 26.3. The number of anilines is 6. The third kappa shape index (κ3) is 11.1. The fourth-order valence-corrected chi connectivity index (χ4v) is 14.5. The predicted octanol–water partition coefficient (Wildman–Crippen LogP) is 22.5. The SMILES string of the molecule is CCCn1c(CC)c(C)c(C)c1-c1ccc(N(c2ccc(-c3ccc(N(c4ccc(-c5c(C)c(C)c(CC)n5CCC)cc4)c4ccc(-c5c(C)c(C)c(CC)n5CCC)cc4)cc3)cc2)c2ccc(-c3c(C)c(C)c(CC)n3CCC)cc2)cc1. The van der Waals surface area contributed by atoms with Gasteiger partial charge < -0.3 is 28.1 Å². The summed E-state index contributed by atoms with van der Waals surface area (Å²) in [7, 11) is 0. The van der Waals surface area contributed by atoms with Gasteiger partial charge in [0, 0.05) is 83.1 Å². The first-order valence-corrected chi connectivity index (χ1v) is 32.6. The first-order valence-electron chi connectivity index (χ1n) is 32.6. The topological polar surface area (TPSA) is 26.2 Å². The summed E-state index contributed by atoms with van der Waals surface area (Å²) in [6, 6.07) is 55.7. The van der Waals surface area contributed by atoms with Crippen molar-refractivity contribution in [1.29, 1.82) is 0 Å². The molecule has 6 nitrogen and oxygen atoms in total. The molecule has 0 fully saturated rings. The molecule has 0 bridgehead atoms. The maximum Gasteiger partial charge on any atom is 0.0514 e. The lowest BCUT2D eigenvalue weighted by Crippen LogP contribution is -2.10. The Morgan fingerprint density at radius 1 is 0.221 bits per heavy atom. The van der Waals surface area contributed by atoms with Crippen molar-refractivity contribution >= 4 is 34.1 Å². The van der Waals surface area contributed by atoms with Crippen molar-refractivity contribution in [2.45, 2.75) is 188 Å². The Morgan fingerprint density at radius 3 is 0.535 bits per heavy atom. The van der Waals surface area contributed by atoms with Gasteiger partial charge >= 0.3 is 0 Å².